The first kappa shape index (κ1) is 24.5. The average Bonchev–Trinajstić information content (AvgIpc) is 2.93. The highest BCUT2D eigenvalue weighted by molar-refractivity contribution is 6.09. The highest BCUT2D eigenvalue weighted by Gasteiger charge is 2.14. The van der Waals surface area contributed by atoms with E-state index < -0.39 is 0 Å². The molecule has 2 N–H and O–H groups in total. The van der Waals surface area contributed by atoms with Gasteiger partial charge in [0.05, 0.1) is 25.5 Å². The first-order valence-corrected chi connectivity index (χ1v) is 11.6. The van der Waals surface area contributed by atoms with E-state index in [1.165, 1.54) is 0 Å². The van der Waals surface area contributed by atoms with E-state index in [1.807, 2.05) is 60.7 Å². The molecule has 182 valence electrons. The summed E-state index contributed by atoms with van der Waals surface area (Å²) in [5, 5.41) is 5.80. The van der Waals surface area contributed by atoms with E-state index in [0.29, 0.717) is 41.3 Å². The third-order valence-electron chi connectivity index (χ3n) is 5.82. The molecule has 0 saturated carbocycles. The minimum absolute atomic E-state index is 0.259. The first-order chi connectivity index (χ1) is 17.6. The summed E-state index contributed by atoms with van der Waals surface area (Å²) in [5.41, 5.74) is 4.49. The van der Waals surface area contributed by atoms with Gasteiger partial charge in [0.25, 0.3) is 11.8 Å². The molecular weight excluding hydrogens is 452 g/mol. The van der Waals surface area contributed by atoms with Crippen LogP contribution in [0.25, 0.3) is 11.1 Å². The number of amides is 2. The molecule has 4 aromatic rings. The number of carbonyl (C=O) groups excluding carboxylic acids is 2. The summed E-state index contributed by atoms with van der Waals surface area (Å²) in [7, 11) is 3.18. The first-order valence-electron chi connectivity index (χ1n) is 11.6. The van der Waals surface area contributed by atoms with Gasteiger partial charge in [0.2, 0.25) is 0 Å². The molecule has 4 rings (SSSR count). The fourth-order valence-electron chi connectivity index (χ4n) is 3.88. The molecule has 0 atom stereocenters. The van der Waals surface area contributed by atoms with E-state index in [4.69, 9.17) is 9.47 Å². The van der Waals surface area contributed by atoms with Crippen LogP contribution in [0.4, 0.5) is 5.69 Å². The topological polar surface area (TPSA) is 76.7 Å². The molecule has 0 unspecified atom stereocenters. The number of para-hydroxylation sites is 1. The zero-order valence-electron chi connectivity index (χ0n) is 20.3. The maximum absolute atomic E-state index is 12.9. The zero-order chi connectivity index (χ0) is 25.3. The highest BCUT2D eigenvalue weighted by atomic mass is 16.5. The number of anilines is 1. The molecule has 0 spiro atoms. The van der Waals surface area contributed by atoms with E-state index in [1.54, 1.807) is 50.6 Å². The number of benzene rings is 4. The van der Waals surface area contributed by atoms with Gasteiger partial charge in [-0.05, 0) is 59.5 Å². The Kier molecular flexibility index (Phi) is 7.98. The van der Waals surface area contributed by atoms with Gasteiger partial charge >= 0.3 is 0 Å². The molecular formula is C30H28N2O4. The van der Waals surface area contributed by atoms with E-state index in [2.05, 4.69) is 10.6 Å². The summed E-state index contributed by atoms with van der Waals surface area (Å²) in [4.78, 5) is 25.8. The summed E-state index contributed by atoms with van der Waals surface area (Å²) in [6.45, 7) is 0.428. The van der Waals surface area contributed by atoms with Crippen LogP contribution in [0.15, 0.2) is 97.1 Å². The Hall–Kier alpha value is -4.58. The number of hydrogen-bond donors (Lipinski definition) is 2. The van der Waals surface area contributed by atoms with Crippen LogP contribution >= 0.6 is 0 Å². The number of methoxy groups -OCH3 is 2. The molecule has 0 fully saturated rings. The highest BCUT2D eigenvalue weighted by Crippen LogP contribution is 2.27. The zero-order valence-corrected chi connectivity index (χ0v) is 20.3. The van der Waals surface area contributed by atoms with Crippen LogP contribution in [0.3, 0.4) is 0 Å². The van der Waals surface area contributed by atoms with Crippen molar-refractivity contribution in [3.63, 3.8) is 0 Å². The van der Waals surface area contributed by atoms with Gasteiger partial charge in [-0.25, -0.2) is 0 Å². The van der Waals surface area contributed by atoms with E-state index in [-0.39, 0.29) is 11.8 Å². The van der Waals surface area contributed by atoms with Gasteiger partial charge in [0.15, 0.2) is 11.5 Å². The number of rotatable bonds is 9. The Morgan fingerprint density at radius 2 is 1.36 bits per heavy atom. The molecule has 0 aliphatic rings. The van der Waals surface area contributed by atoms with Crippen molar-refractivity contribution in [3.8, 4) is 22.6 Å². The van der Waals surface area contributed by atoms with Gasteiger partial charge < -0.3 is 20.1 Å². The summed E-state index contributed by atoms with van der Waals surface area (Å²) in [6.07, 6.45) is 0.619. The number of carbonyl (C=O) groups is 2. The second kappa shape index (κ2) is 11.7. The van der Waals surface area contributed by atoms with E-state index >= 15 is 0 Å². The lowest BCUT2D eigenvalue weighted by molar-refractivity contribution is 0.0955. The Bertz CT molecular complexity index is 1330. The van der Waals surface area contributed by atoms with Gasteiger partial charge in [-0.15, -0.1) is 0 Å². The summed E-state index contributed by atoms with van der Waals surface area (Å²) in [6, 6.07) is 30.0. The van der Waals surface area contributed by atoms with Crippen LogP contribution in [0.5, 0.6) is 11.5 Å². The number of hydrogen-bond acceptors (Lipinski definition) is 4. The average molecular weight is 481 g/mol. The van der Waals surface area contributed by atoms with Crippen molar-refractivity contribution in [1.29, 1.82) is 0 Å². The van der Waals surface area contributed by atoms with Gasteiger partial charge in [-0.1, -0.05) is 60.7 Å². The third-order valence-corrected chi connectivity index (χ3v) is 5.82. The minimum atomic E-state index is -0.278. The SMILES string of the molecule is COc1ccc(CCNC(=O)c2ccccc2NC(=O)c2ccc(-c3ccccc3)cc2)cc1OC. The van der Waals surface area contributed by atoms with Crippen molar-refractivity contribution >= 4 is 17.5 Å². The van der Waals surface area contributed by atoms with Crippen molar-refractivity contribution in [2.45, 2.75) is 6.42 Å². The lowest BCUT2D eigenvalue weighted by atomic mass is 10.0. The van der Waals surface area contributed by atoms with E-state index in [0.717, 1.165) is 16.7 Å². The second-order valence-corrected chi connectivity index (χ2v) is 8.14. The summed E-state index contributed by atoms with van der Waals surface area (Å²) < 4.78 is 10.6. The Labute approximate surface area is 210 Å². The van der Waals surface area contributed by atoms with Crippen LogP contribution in [-0.2, 0) is 6.42 Å². The van der Waals surface area contributed by atoms with Crippen LogP contribution in [0, 0.1) is 0 Å². The normalized spacial score (nSPS) is 10.4. The quantitative estimate of drug-likeness (QED) is 0.327. The standard InChI is InChI=1S/C30H28N2O4/c1-35-27-17-12-21(20-28(27)36-2)18-19-31-30(34)25-10-6-7-11-26(25)32-29(33)24-15-13-23(14-16-24)22-8-4-3-5-9-22/h3-17,20H,18-19H2,1-2H3,(H,31,34)(H,32,33). The van der Waals surface area contributed by atoms with Crippen LogP contribution in [-0.4, -0.2) is 32.6 Å². The maximum Gasteiger partial charge on any atom is 0.255 e. The minimum Gasteiger partial charge on any atom is -0.493 e. The lowest BCUT2D eigenvalue weighted by Crippen LogP contribution is -2.27. The predicted octanol–water partition coefficient (Wildman–Crippen LogP) is 5.60. The molecule has 0 heterocycles. The van der Waals surface area contributed by atoms with Crippen LogP contribution in [0.1, 0.15) is 26.3 Å². The van der Waals surface area contributed by atoms with Crippen molar-refractivity contribution in [1.82, 2.24) is 5.32 Å². The van der Waals surface area contributed by atoms with Gasteiger partial charge in [0.1, 0.15) is 0 Å². The second-order valence-electron chi connectivity index (χ2n) is 8.14. The molecule has 0 aliphatic heterocycles. The van der Waals surface area contributed by atoms with Crippen molar-refractivity contribution in [2.24, 2.45) is 0 Å². The molecule has 6 nitrogen and oxygen atoms in total. The smallest absolute Gasteiger partial charge is 0.255 e. The Morgan fingerprint density at radius 3 is 2.08 bits per heavy atom. The number of ether oxygens (including phenoxy) is 2. The molecule has 6 heteroatoms. The fraction of sp³-hybridized carbons (Fsp3) is 0.133. The molecule has 4 aromatic carbocycles. The lowest BCUT2D eigenvalue weighted by Gasteiger charge is -2.13. The van der Waals surface area contributed by atoms with Crippen LogP contribution < -0.4 is 20.1 Å². The Balaban J connectivity index is 1.39. The molecule has 0 aliphatic carbocycles. The Morgan fingerprint density at radius 1 is 0.694 bits per heavy atom. The monoisotopic (exact) mass is 480 g/mol. The predicted molar refractivity (Wildman–Crippen MR) is 142 cm³/mol. The van der Waals surface area contributed by atoms with E-state index in [9.17, 15) is 9.59 Å². The molecule has 0 radical (unpaired) electrons. The maximum atomic E-state index is 12.9. The van der Waals surface area contributed by atoms with Crippen molar-refractivity contribution in [2.75, 3.05) is 26.1 Å². The van der Waals surface area contributed by atoms with Gasteiger partial charge in [-0.3, -0.25) is 9.59 Å². The van der Waals surface area contributed by atoms with Crippen molar-refractivity contribution in [3.05, 3.63) is 114 Å². The largest absolute Gasteiger partial charge is 0.493 e. The number of nitrogens with one attached hydrogen (secondary N) is 2. The molecule has 36 heavy (non-hydrogen) atoms. The van der Waals surface area contributed by atoms with Gasteiger partial charge in [0, 0.05) is 12.1 Å². The van der Waals surface area contributed by atoms with Crippen molar-refractivity contribution < 1.29 is 19.1 Å². The van der Waals surface area contributed by atoms with Crippen LogP contribution in [0.2, 0.25) is 0 Å². The fourth-order valence-corrected chi connectivity index (χ4v) is 3.88. The summed E-state index contributed by atoms with van der Waals surface area (Å²) >= 11 is 0. The third kappa shape index (κ3) is 5.91. The summed E-state index contributed by atoms with van der Waals surface area (Å²) in [5.74, 6) is 0.766. The molecule has 2 amide bonds. The van der Waals surface area contributed by atoms with Gasteiger partial charge in [-0.2, -0.15) is 0 Å². The molecule has 0 aromatic heterocycles. The molecule has 0 saturated heterocycles. The molecule has 0 bridgehead atoms.